The average Bonchev–Trinajstić information content (AvgIpc) is 2.93. The lowest BCUT2D eigenvalue weighted by molar-refractivity contribution is -0.169. The van der Waals surface area contributed by atoms with Crippen molar-refractivity contribution in [2.45, 2.75) is 109 Å². The molecule has 2 aromatic carbocycles. The zero-order valence-electron chi connectivity index (χ0n) is 25.6. The van der Waals surface area contributed by atoms with Crippen LogP contribution in [-0.2, 0) is 31.6 Å². The molecule has 0 spiro atoms. The van der Waals surface area contributed by atoms with Crippen molar-refractivity contribution in [1.29, 1.82) is 0 Å². The Bertz CT molecular complexity index is 1240. The molecule has 2 fully saturated rings. The molecule has 0 aromatic heterocycles. The van der Waals surface area contributed by atoms with Gasteiger partial charge in [-0.1, -0.05) is 90.4 Å². The summed E-state index contributed by atoms with van der Waals surface area (Å²) in [5, 5.41) is 0. The predicted octanol–water partition coefficient (Wildman–Crippen LogP) is 7.94. The Hall–Kier alpha value is -2.62. The van der Waals surface area contributed by atoms with Crippen LogP contribution in [0.25, 0.3) is 0 Å². The summed E-state index contributed by atoms with van der Waals surface area (Å²) in [6.45, 7) is 13.5. The fourth-order valence-corrected chi connectivity index (χ4v) is 8.44. The minimum absolute atomic E-state index is 0.0510. The number of hydrogen-bond acceptors (Lipinski definition) is 4. The third-order valence-electron chi connectivity index (χ3n) is 10.9. The van der Waals surface area contributed by atoms with Crippen LogP contribution in [-0.4, -0.2) is 25.0 Å². The minimum atomic E-state index is -0.694. The number of fused-ring (bicyclic) bond motifs is 3. The maximum absolute atomic E-state index is 14.1. The first kappa shape index (κ1) is 28.9. The normalized spacial score (nSPS) is 30.4. The lowest BCUT2D eigenvalue weighted by atomic mass is 9.54. The number of ketones is 1. The molecule has 2 aromatic rings. The highest BCUT2D eigenvalue weighted by atomic mass is 16.5. The first-order valence-corrected chi connectivity index (χ1v) is 15.5. The first-order chi connectivity index (χ1) is 19.0. The van der Waals surface area contributed by atoms with Crippen molar-refractivity contribution in [3.05, 3.63) is 64.7 Å². The Morgan fingerprint density at radius 2 is 1.75 bits per heavy atom. The molecule has 0 radical (unpaired) electrons. The molecule has 0 unspecified atom stereocenters. The van der Waals surface area contributed by atoms with Gasteiger partial charge in [0.2, 0.25) is 0 Å². The Balaban J connectivity index is 1.44. The first-order valence-electron chi connectivity index (χ1n) is 15.5. The number of methoxy groups -OCH3 is 1. The van der Waals surface area contributed by atoms with Crippen LogP contribution in [0.15, 0.2) is 42.5 Å². The lowest BCUT2D eigenvalue weighted by Gasteiger charge is -2.50. The van der Waals surface area contributed by atoms with Crippen molar-refractivity contribution >= 4 is 11.8 Å². The van der Waals surface area contributed by atoms with Gasteiger partial charge in [0.25, 0.3) is 0 Å². The molecule has 216 valence electrons. The second kappa shape index (κ2) is 11.0. The van der Waals surface area contributed by atoms with Crippen LogP contribution in [0.4, 0.5) is 0 Å². The lowest BCUT2D eigenvalue weighted by Crippen LogP contribution is -2.52. The smallest absolute Gasteiger partial charge is 0.317 e. The summed E-state index contributed by atoms with van der Waals surface area (Å²) >= 11 is 0. The van der Waals surface area contributed by atoms with Gasteiger partial charge in [0, 0.05) is 12.3 Å². The molecule has 0 aliphatic heterocycles. The highest BCUT2D eigenvalue weighted by molar-refractivity contribution is 6.00. The van der Waals surface area contributed by atoms with E-state index in [2.05, 4.69) is 77.9 Å². The summed E-state index contributed by atoms with van der Waals surface area (Å²) in [5.41, 5.74) is 4.63. The van der Waals surface area contributed by atoms with Crippen molar-refractivity contribution in [1.82, 2.24) is 0 Å². The summed E-state index contributed by atoms with van der Waals surface area (Å²) < 4.78 is 12.4. The predicted molar refractivity (Wildman–Crippen MR) is 160 cm³/mol. The molecule has 6 atom stereocenters. The van der Waals surface area contributed by atoms with Crippen LogP contribution < -0.4 is 4.74 Å². The Morgan fingerprint density at radius 3 is 2.42 bits per heavy atom. The van der Waals surface area contributed by atoms with Crippen LogP contribution in [0.5, 0.6) is 5.75 Å². The van der Waals surface area contributed by atoms with Crippen molar-refractivity contribution in [2.75, 3.05) is 7.11 Å². The molecule has 0 saturated heterocycles. The van der Waals surface area contributed by atoms with Gasteiger partial charge in [-0.05, 0) is 82.9 Å². The third kappa shape index (κ3) is 4.90. The van der Waals surface area contributed by atoms with Crippen LogP contribution >= 0.6 is 0 Å². The van der Waals surface area contributed by atoms with Gasteiger partial charge >= 0.3 is 5.97 Å². The number of rotatable bonds is 6. The second-order valence-electron chi connectivity index (χ2n) is 14.0. The van der Waals surface area contributed by atoms with E-state index < -0.39 is 5.92 Å². The molecule has 3 aliphatic carbocycles. The van der Waals surface area contributed by atoms with E-state index in [9.17, 15) is 9.59 Å². The standard InChI is InChI=1S/C36H48O4/c1-22(2)25-14-17-27-26(33(25)39-7)15-18-29-32(30(37)19-20-36(27,29)6)34(38)40-31-21-23(3)13-16-28(31)35(4,5)24-11-9-8-10-12-24/h8-12,14,17,22-23,28-29,31-32H,13,15-16,18-21H2,1-7H3/t23-,28-,29+,31-,32+,36-/m1/s1. The molecule has 5 rings (SSSR count). The number of carbonyl (C=O) groups excluding carboxylic acids is 2. The van der Waals surface area contributed by atoms with Crippen molar-refractivity contribution in [2.24, 2.45) is 23.7 Å². The van der Waals surface area contributed by atoms with E-state index in [1.54, 1.807) is 7.11 Å². The molecular formula is C36H48O4. The van der Waals surface area contributed by atoms with Crippen LogP contribution in [0.2, 0.25) is 0 Å². The van der Waals surface area contributed by atoms with Gasteiger partial charge in [0.05, 0.1) is 7.11 Å². The van der Waals surface area contributed by atoms with Gasteiger partial charge in [-0.2, -0.15) is 0 Å². The summed E-state index contributed by atoms with van der Waals surface area (Å²) in [5.74, 6) is 1.10. The molecular weight excluding hydrogens is 496 g/mol. The van der Waals surface area contributed by atoms with Gasteiger partial charge < -0.3 is 9.47 Å². The van der Waals surface area contributed by atoms with E-state index in [1.165, 1.54) is 22.3 Å². The maximum atomic E-state index is 14.1. The Kier molecular flexibility index (Phi) is 7.94. The van der Waals surface area contributed by atoms with E-state index in [-0.39, 0.29) is 40.5 Å². The fraction of sp³-hybridized carbons (Fsp3) is 0.611. The molecule has 3 aliphatic rings. The minimum Gasteiger partial charge on any atom is -0.496 e. The van der Waals surface area contributed by atoms with Gasteiger partial charge in [-0.3, -0.25) is 9.59 Å². The van der Waals surface area contributed by atoms with Crippen molar-refractivity contribution in [3.8, 4) is 5.75 Å². The Morgan fingerprint density at radius 1 is 1.02 bits per heavy atom. The number of benzene rings is 2. The molecule has 0 bridgehead atoms. The molecule has 40 heavy (non-hydrogen) atoms. The number of hydrogen-bond donors (Lipinski definition) is 0. The molecule has 2 saturated carbocycles. The summed E-state index contributed by atoms with van der Waals surface area (Å²) in [4.78, 5) is 27.6. The third-order valence-corrected chi connectivity index (χ3v) is 10.9. The van der Waals surface area contributed by atoms with Crippen molar-refractivity contribution in [3.63, 3.8) is 0 Å². The number of ether oxygens (including phenoxy) is 2. The van der Waals surface area contributed by atoms with Crippen LogP contribution in [0.1, 0.15) is 108 Å². The second-order valence-corrected chi connectivity index (χ2v) is 14.0. The molecule has 4 nitrogen and oxygen atoms in total. The van der Waals surface area contributed by atoms with Gasteiger partial charge in [-0.15, -0.1) is 0 Å². The van der Waals surface area contributed by atoms with Crippen LogP contribution in [0, 0.1) is 23.7 Å². The zero-order chi connectivity index (χ0) is 28.8. The molecule has 4 heteroatoms. The largest absolute Gasteiger partial charge is 0.496 e. The SMILES string of the molecule is COc1c(C(C)C)ccc2c1CC[C@H]1[C@H](C(=O)O[C@@H]3C[C@H](C)CC[C@H]3C(C)(C)c3ccccc3)C(=O)CC[C@]21C. The molecule has 0 heterocycles. The number of carbonyl (C=O) groups is 2. The number of esters is 1. The fourth-order valence-electron chi connectivity index (χ4n) is 8.44. The highest BCUT2D eigenvalue weighted by Crippen LogP contribution is 2.54. The van der Waals surface area contributed by atoms with E-state index >= 15 is 0 Å². The Labute approximate surface area is 241 Å². The van der Waals surface area contributed by atoms with Gasteiger partial charge in [-0.25, -0.2) is 0 Å². The maximum Gasteiger partial charge on any atom is 0.317 e. The van der Waals surface area contributed by atoms with E-state index in [4.69, 9.17) is 9.47 Å². The van der Waals surface area contributed by atoms with E-state index in [0.717, 1.165) is 44.3 Å². The summed E-state index contributed by atoms with van der Waals surface area (Å²) in [7, 11) is 1.76. The average molecular weight is 545 g/mol. The quantitative estimate of drug-likeness (QED) is 0.274. The van der Waals surface area contributed by atoms with E-state index in [0.29, 0.717) is 18.3 Å². The van der Waals surface area contributed by atoms with Gasteiger partial charge in [0.1, 0.15) is 23.6 Å². The topological polar surface area (TPSA) is 52.6 Å². The highest BCUT2D eigenvalue weighted by Gasteiger charge is 2.54. The number of Topliss-reactive ketones (excluding diaryl/α,β-unsaturated/α-hetero) is 1. The molecule has 0 N–H and O–H groups in total. The monoisotopic (exact) mass is 544 g/mol. The zero-order valence-corrected chi connectivity index (χ0v) is 25.6. The van der Waals surface area contributed by atoms with Gasteiger partial charge in [0.15, 0.2) is 0 Å². The summed E-state index contributed by atoms with van der Waals surface area (Å²) in [6, 6.07) is 15.0. The molecule has 0 amide bonds. The van der Waals surface area contributed by atoms with Crippen LogP contribution in [0.3, 0.4) is 0 Å². The van der Waals surface area contributed by atoms with Crippen molar-refractivity contribution < 1.29 is 19.1 Å². The summed E-state index contributed by atoms with van der Waals surface area (Å²) in [6.07, 6.45) is 5.63. The van der Waals surface area contributed by atoms with E-state index in [1.807, 2.05) is 6.07 Å².